The van der Waals surface area contributed by atoms with Gasteiger partial charge in [0.2, 0.25) is 5.60 Å². The van der Waals surface area contributed by atoms with Crippen LogP contribution < -0.4 is 4.74 Å². The topological polar surface area (TPSA) is 54.3 Å². The number of nitrogens with zero attached hydrogens (tertiary/aromatic N) is 2. The lowest BCUT2D eigenvalue weighted by molar-refractivity contribution is -0.283. The fourth-order valence-corrected chi connectivity index (χ4v) is 2.37. The van der Waals surface area contributed by atoms with Crippen molar-refractivity contribution in [2.45, 2.75) is 46.4 Å². The van der Waals surface area contributed by atoms with Crippen molar-refractivity contribution >= 4 is 12.0 Å². The van der Waals surface area contributed by atoms with Gasteiger partial charge >= 0.3 is 6.18 Å². The van der Waals surface area contributed by atoms with E-state index in [-0.39, 0.29) is 17.8 Å². The molecule has 0 spiro atoms. The predicted octanol–water partition coefficient (Wildman–Crippen LogP) is 4.43. The van der Waals surface area contributed by atoms with Crippen LogP contribution in [0.3, 0.4) is 0 Å². The average Bonchev–Trinajstić information content (AvgIpc) is 2.57. The molecule has 8 heteroatoms. The Morgan fingerprint density at radius 2 is 1.79 bits per heavy atom. The maximum absolute atomic E-state index is 13.8. The van der Waals surface area contributed by atoms with Crippen LogP contribution >= 0.6 is 0 Å². The first-order valence-corrected chi connectivity index (χ1v) is 9.05. The number of hydrogen-bond donors (Lipinski definition) is 1. The van der Waals surface area contributed by atoms with Crippen molar-refractivity contribution in [3.05, 3.63) is 23.3 Å². The molecule has 1 N–H and O–H groups in total. The number of aliphatic imine (C=N–C) groups is 1. The maximum Gasteiger partial charge on any atom is 0.423 e. The molecule has 0 radical (unpaired) electrons. The Bertz CT molecular complexity index is 684. The first kappa shape index (κ1) is 24.2. The second-order valence-electron chi connectivity index (χ2n) is 8.07. The Hall–Kier alpha value is -1.80. The van der Waals surface area contributed by atoms with Crippen molar-refractivity contribution < 1.29 is 27.8 Å². The van der Waals surface area contributed by atoms with Crippen LogP contribution in [0.25, 0.3) is 0 Å². The molecule has 160 valence electrons. The minimum atomic E-state index is -4.95. The van der Waals surface area contributed by atoms with E-state index in [1.807, 2.05) is 39.6 Å². The molecule has 1 aromatic rings. The largest absolute Gasteiger partial charge is 0.496 e. The molecule has 0 fully saturated rings. The van der Waals surface area contributed by atoms with Crippen LogP contribution in [-0.4, -0.2) is 56.4 Å². The molecule has 0 aliphatic carbocycles. The quantitative estimate of drug-likeness (QED) is 0.515. The molecule has 5 nitrogen and oxygen atoms in total. The van der Waals surface area contributed by atoms with E-state index in [0.717, 1.165) is 6.54 Å². The zero-order valence-corrected chi connectivity index (χ0v) is 17.6. The summed E-state index contributed by atoms with van der Waals surface area (Å²) in [6, 6.07) is 2.65. The van der Waals surface area contributed by atoms with E-state index >= 15 is 0 Å². The molecule has 1 atom stereocenters. The normalized spacial score (nSPS) is 15.0. The Kier molecular flexibility index (Phi) is 7.91. The minimum absolute atomic E-state index is 0.0679. The lowest BCUT2D eigenvalue weighted by Gasteiger charge is -2.33. The average molecular weight is 404 g/mol. The van der Waals surface area contributed by atoms with Gasteiger partial charge in [0.25, 0.3) is 0 Å². The summed E-state index contributed by atoms with van der Waals surface area (Å²) in [5, 5.41) is 10.6. The van der Waals surface area contributed by atoms with E-state index in [1.54, 1.807) is 13.3 Å². The molecule has 0 aliphatic heterocycles. The summed E-state index contributed by atoms with van der Waals surface area (Å²) in [5.74, 6) is -0.101. The molecule has 0 saturated heterocycles. The van der Waals surface area contributed by atoms with E-state index < -0.39 is 23.9 Å². The number of hydrogen-bond acceptors (Lipinski definition) is 4. The van der Waals surface area contributed by atoms with Gasteiger partial charge in [0.1, 0.15) is 5.75 Å². The molecule has 0 amide bonds. The number of ether oxygens (including phenoxy) is 2. The minimum Gasteiger partial charge on any atom is -0.496 e. The molecular weight excluding hydrogens is 373 g/mol. The lowest BCUT2D eigenvalue weighted by atomic mass is 9.90. The van der Waals surface area contributed by atoms with Crippen molar-refractivity contribution in [1.29, 1.82) is 0 Å². The van der Waals surface area contributed by atoms with E-state index in [9.17, 15) is 18.3 Å². The number of halogens is 3. The summed E-state index contributed by atoms with van der Waals surface area (Å²) in [5.41, 5.74) is -2.99. The van der Waals surface area contributed by atoms with Crippen LogP contribution in [0.1, 0.15) is 38.8 Å². The lowest BCUT2D eigenvalue weighted by Crippen LogP contribution is -2.47. The third-order valence-electron chi connectivity index (χ3n) is 4.17. The molecule has 0 aliphatic rings. The summed E-state index contributed by atoms with van der Waals surface area (Å²) < 4.78 is 51.9. The van der Waals surface area contributed by atoms with Gasteiger partial charge in [0, 0.05) is 25.2 Å². The van der Waals surface area contributed by atoms with E-state index in [0.29, 0.717) is 11.3 Å². The third-order valence-corrected chi connectivity index (χ3v) is 4.17. The fourth-order valence-electron chi connectivity index (χ4n) is 2.37. The van der Waals surface area contributed by atoms with Gasteiger partial charge in [-0.2, -0.15) is 13.2 Å². The van der Waals surface area contributed by atoms with Crippen molar-refractivity contribution in [3.8, 4) is 5.75 Å². The van der Waals surface area contributed by atoms with Crippen LogP contribution in [0, 0.1) is 12.3 Å². The third kappa shape index (κ3) is 6.10. The summed E-state index contributed by atoms with van der Waals surface area (Å²) in [6.45, 7) is 8.97. The van der Waals surface area contributed by atoms with Gasteiger partial charge in [-0.05, 0) is 30.9 Å². The Morgan fingerprint density at radius 3 is 2.25 bits per heavy atom. The number of rotatable bonds is 8. The molecule has 0 heterocycles. The predicted molar refractivity (Wildman–Crippen MR) is 104 cm³/mol. The number of methoxy groups -OCH3 is 1. The van der Waals surface area contributed by atoms with Gasteiger partial charge in [0.05, 0.1) is 32.3 Å². The SMILES string of the molecule is CCN(C)/C=N\c1cc(OC)c(C(O)(COCC(C)(C)C)C(F)(F)F)cc1C. The van der Waals surface area contributed by atoms with Gasteiger partial charge in [-0.1, -0.05) is 20.8 Å². The highest BCUT2D eigenvalue weighted by Crippen LogP contribution is 2.45. The zero-order chi connectivity index (χ0) is 21.8. The van der Waals surface area contributed by atoms with E-state index in [2.05, 4.69) is 4.99 Å². The smallest absolute Gasteiger partial charge is 0.423 e. The first-order valence-electron chi connectivity index (χ1n) is 9.05. The summed E-state index contributed by atoms with van der Waals surface area (Å²) in [6.07, 6.45) is -3.36. The molecule has 0 aromatic heterocycles. The van der Waals surface area contributed by atoms with E-state index in [4.69, 9.17) is 9.47 Å². The Labute approximate surface area is 165 Å². The number of aliphatic hydroxyl groups is 1. The Balaban J connectivity index is 3.37. The van der Waals surface area contributed by atoms with Gasteiger partial charge in [-0.25, -0.2) is 4.99 Å². The van der Waals surface area contributed by atoms with Crippen LogP contribution in [0.15, 0.2) is 17.1 Å². The highest BCUT2D eigenvalue weighted by atomic mass is 19.4. The van der Waals surface area contributed by atoms with Crippen LogP contribution in [0.5, 0.6) is 5.75 Å². The van der Waals surface area contributed by atoms with Crippen molar-refractivity contribution in [2.75, 3.05) is 33.9 Å². The highest BCUT2D eigenvalue weighted by Gasteiger charge is 2.57. The molecular formula is C20H31F3N2O3. The van der Waals surface area contributed by atoms with Gasteiger partial charge in [-0.15, -0.1) is 0 Å². The van der Waals surface area contributed by atoms with Gasteiger partial charge < -0.3 is 19.5 Å². The maximum atomic E-state index is 13.8. The van der Waals surface area contributed by atoms with Crippen LogP contribution in [0.4, 0.5) is 18.9 Å². The van der Waals surface area contributed by atoms with Crippen LogP contribution in [0.2, 0.25) is 0 Å². The van der Waals surface area contributed by atoms with Crippen molar-refractivity contribution in [3.63, 3.8) is 0 Å². The highest BCUT2D eigenvalue weighted by molar-refractivity contribution is 5.65. The second kappa shape index (κ2) is 9.13. The van der Waals surface area contributed by atoms with E-state index in [1.165, 1.54) is 19.2 Å². The summed E-state index contributed by atoms with van der Waals surface area (Å²) in [7, 11) is 3.09. The number of alkyl halides is 3. The molecule has 28 heavy (non-hydrogen) atoms. The van der Waals surface area contributed by atoms with Crippen molar-refractivity contribution in [2.24, 2.45) is 10.4 Å². The Morgan fingerprint density at radius 1 is 1.18 bits per heavy atom. The zero-order valence-electron chi connectivity index (χ0n) is 17.6. The number of benzene rings is 1. The van der Waals surface area contributed by atoms with Crippen molar-refractivity contribution in [1.82, 2.24) is 4.90 Å². The molecule has 1 aromatic carbocycles. The molecule has 1 unspecified atom stereocenters. The first-order chi connectivity index (χ1) is 12.7. The standard InChI is InChI=1S/C20H31F3N2O3/c1-8-25(6)13-24-16-10-17(27-7)15(9-14(16)2)19(26,20(21,22)23)12-28-11-18(3,4)5/h9-10,13,26H,8,11-12H2,1-7H3/b24-13-. The van der Waals surface area contributed by atoms with Crippen LogP contribution in [-0.2, 0) is 10.3 Å². The van der Waals surface area contributed by atoms with Gasteiger partial charge in [0.15, 0.2) is 0 Å². The summed E-state index contributed by atoms with van der Waals surface area (Å²) in [4.78, 5) is 6.12. The molecule has 0 saturated carbocycles. The molecule has 0 bridgehead atoms. The number of aryl methyl sites for hydroxylation is 1. The monoisotopic (exact) mass is 404 g/mol. The second-order valence-corrected chi connectivity index (χ2v) is 8.07. The fraction of sp³-hybridized carbons (Fsp3) is 0.650. The van der Waals surface area contributed by atoms with Gasteiger partial charge in [-0.3, -0.25) is 0 Å². The summed E-state index contributed by atoms with van der Waals surface area (Å²) >= 11 is 0. The molecule has 1 rings (SSSR count).